The summed E-state index contributed by atoms with van der Waals surface area (Å²) in [6, 6.07) is 3.86. The van der Waals surface area contributed by atoms with Gasteiger partial charge in [0.2, 0.25) is 0 Å². The summed E-state index contributed by atoms with van der Waals surface area (Å²) >= 11 is 0. The van der Waals surface area contributed by atoms with Crippen molar-refractivity contribution < 1.29 is 19.4 Å². The Morgan fingerprint density at radius 3 is 2.70 bits per heavy atom. The summed E-state index contributed by atoms with van der Waals surface area (Å²) in [7, 11) is 0. The van der Waals surface area contributed by atoms with Gasteiger partial charge in [0.25, 0.3) is 5.56 Å². The van der Waals surface area contributed by atoms with Crippen LogP contribution < -0.4 is 5.56 Å². The Bertz CT molecular complexity index is 954. The van der Waals surface area contributed by atoms with Crippen LogP contribution in [0, 0.1) is 11.2 Å². The molecule has 1 spiro atoms. The summed E-state index contributed by atoms with van der Waals surface area (Å²) in [6.07, 6.45) is 3.94. The number of fused-ring (bicyclic) bond motifs is 1. The molecule has 27 heavy (non-hydrogen) atoms. The van der Waals surface area contributed by atoms with Crippen molar-refractivity contribution in [3.63, 3.8) is 0 Å². The van der Waals surface area contributed by atoms with Gasteiger partial charge in [-0.2, -0.15) is 0 Å². The lowest BCUT2D eigenvalue weighted by Crippen LogP contribution is -2.62. The van der Waals surface area contributed by atoms with Crippen LogP contribution >= 0.6 is 0 Å². The molecule has 1 atom stereocenters. The zero-order valence-electron chi connectivity index (χ0n) is 14.9. The van der Waals surface area contributed by atoms with Gasteiger partial charge in [0.05, 0.1) is 29.4 Å². The SMILES string of the molecule is O=C(O)N1CCC(O)(Cn2cnc3ccc(F)cc3c2=O)C2(CCCC2)C1. The van der Waals surface area contributed by atoms with Crippen LogP contribution in [0.2, 0.25) is 0 Å². The number of rotatable bonds is 2. The van der Waals surface area contributed by atoms with Crippen molar-refractivity contribution in [3.05, 3.63) is 40.7 Å². The molecule has 2 N–H and O–H groups in total. The van der Waals surface area contributed by atoms with E-state index in [2.05, 4.69) is 4.98 Å². The first-order valence-electron chi connectivity index (χ1n) is 9.19. The van der Waals surface area contributed by atoms with Crippen molar-refractivity contribution >= 4 is 17.0 Å². The molecule has 1 aromatic heterocycles. The number of aliphatic hydroxyl groups is 1. The molecule has 1 saturated heterocycles. The number of benzene rings is 1. The first-order chi connectivity index (χ1) is 12.8. The Kier molecular flexibility index (Phi) is 4.18. The van der Waals surface area contributed by atoms with Crippen molar-refractivity contribution in [3.8, 4) is 0 Å². The van der Waals surface area contributed by atoms with E-state index in [9.17, 15) is 24.2 Å². The molecule has 8 heteroatoms. The van der Waals surface area contributed by atoms with E-state index in [-0.39, 0.29) is 31.4 Å². The van der Waals surface area contributed by atoms with Gasteiger partial charge in [-0.05, 0) is 37.5 Å². The Morgan fingerprint density at radius 1 is 1.26 bits per heavy atom. The lowest BCUT2D eigenvalue weighted by molar-refractivity contribution is -0.137. The molecule has 7 nitrogen and oxygen atoms in total. The van der Waals surface area contributed by atoms with Gasteiger partial charge in [-0.1, -0.05) is 12.8 Å². The van der Waals surface area contributed by atoms with Crippen molar-refractivity contribution in [1.82, 2.24) is 14.5 Å². The first kappa shape index (κ1) is 17.9. The number of hydrogen-bond acceptors (Lipinski definition) is 4. The topological polar surface area (TPSA) is 95.7 Å². The second kappa shape index (κ2) is 6.30. The van der Waals surface area contributed by atoms with Crippen LogP contribution in [-0.4, -0.2) is 49.4 Å². The largest absolute Gasteiger partial charge is 0.465 e. The third-order valence-corrected chi connectivity index (χ3v) is 6.33. The van der Waals surface area contributed by atoms with E-state index in [1.54, 1.807) is 0 Å². The summed E-state index contributed by atoms with van der Waals surface area (Å²) in [4.78, 5) is 29.8. The third-order valence-electron chi connectivity index (χ3n) is 6.33. The Hall–Kier alpha value is -2.48. The summed E-state index contributed by atoms with van der Waals surface area (Å²) in [5, 5.41) is 21.1. The van der Waals surface area contributed by atoms with E-state index < -0.39 is 28.5 Å². The van der Waals surface area contributed by atoms with Gasteiger partial charge in [-0.15, -0.1) is 0 Å². The Balaban J connectivity index is 1.72. The summed E-state index contributed by atoms with van der Waals surface area (Å²) in [5.41, 5.74) is -1.77. The van der Waals surface area contributed by atoms with E-state index >= 15 is 0 Å². The monoisotopic (exact) mass is 375 g/mol. The van der Waals surface area contributed by atoms with E-state index in [0.29, 0.717) is 5.52 Å². The van der Waals surface area contributed by atoms with Crippen molar-refractivity contribution in [2.75, 3.05) is 13.1 Å². The van der Waals surface area contributed by atoms with Crippen LogP contribution in [0.5, 0.6) is 0 Å². The number of carboxylic acid groups (broad SMARTS) is 1. The lowest BCUT2D eigenvalue weighted by atomic mass is 9.66. The number of piperidine rings is 1. The highest BCUT2D eigenvalue weighted by atomic mass is 19.1. The number of carbonyl (C=O) groups is 1. The van der Waals surface area contributed by atoms with Crippen LogP contribution in [0.4, 0.5) is 9.18 Å². The normalized spacial score (nSPS) is 24.6. The fourth-order valence-corrected chi connectivity index (χ4v) is 4.79. The minimum Gasteiger partial charge on any atom is -0.465 e. The molecule has 0 bridgehead atoms. The number of aromatic nitrogens is 2. The minimum atomic E-state index is -1.21. The molecule has 2 aliphatic rings. The standard InChI is InChI=1S/C19H22FN3O4/c20-13-3-4-15-14(9-13)16(24)23(12-21-15)11-19(27)7-8-22(17(25)26)10-18(19)5-1-2-6-18/h3-4,9,12,27H,1-2,5-8,10-11H2,(H,25,26). The molecule has 144 valence electrons. The number of likely N-dealkylation sites (tertiary alicyclic amines) is 1. The van der Waals surface area contributed by atoms with Gasteiger partial charge in [0, 0.05) is 18.5 Å². The predicted octanol–water partition coefficient (Wildman–Crippen LogP) is 2.21. The van der Waals surface area contributed by atoms with Crippen LogP contribution in [0.3, 0.4) is 0 Å². The molecule has 1 aromatic carbocycles. The molecule has 1 aliphatic carbocycles. The summed E-state index contributed by atoms with van der Waals surface area (Å²) < 4.78 is 14.9. The van der Waals surface area contributed by atoms with Crippen LogP contribution in [0.25, 0.3) is 10.9 Å². The molecule has 1 aliphatic heterocycles. The van der Waals surface area contributed by atoms with Gasteiger partial charge in [0.15, 0.2) is 0 Å². The van der Waals surface area contributed by atoms with Crippen LogP contribution in [0.15, 0.2) is 29.3 Å². The fraction of sp³-hybridized carbons (Fsp3) is 0.526. The van der Waals surface area contributed by atoms with Crippen molar-refractivity contribution in [2.24, 2.45) is 5.41 Å². The summed E-state index contributed by atoms with van der Waals surface area (Å²) in [5.74, 6) is -0.514. The minimum absolute atomic E-state index is 0.0265. The average molecular weight is 375 g/mol. The number of amides is 1. The molecule has 1 unspecified atom stereocenters. The van der Waals surface area contributed by atoms with Crippen LogP contribution in [-0.2, 0) is 6.54 Å². The van der Waals surface area contributed by atoms with Gasteiger partial charge in [0.1, 0.15) is 5.82 Å². The number of hydrogen-bond donors (Lipinski definition) is 2. The Labute approximate surface area is 155 Å². The molecule has 1 amide bonds. The lowest BCUT2D eigenvalue weighted by Gasteiger charge is -2.51. The highest BCUT2D eigenvalue weighted by Gasteiger charge is 2.55. The van der Waals surface area contributed by atoms with Gasteiger partial charge in [-0.25, -0.2) is 14.2 Å². The van der Waals surface area contributed by atoms with Gasteiger partial charge < -0.3 is 15.1 Å². The zero-order valence-corrected chi connectivity index (χ0v) is 14.9. The summed E-state index contributed by atoms with van der Waals surface area (Å²) in [6.45, 7) is 0.514. The number of halogens is 1. The van der Waals surface area contributed by atoms with E-state index in [1.807, 2.05) is 0 Å². The molecule has 2 aromatic rings. The first-order valence-corrected chi connectivity index (χ1v) is 9.19. The molecule has 1 saturated carbocycles. The fourth-order valence-electron chi connectivity index (χ4n) is 4.79. The maximum atomic E-state index is 13.6. The molecular weight excluding hydrogens is 353 g/mol. The van der Waals surface area contributed by atoms with E-state index in [1.165, 1.54) is 27.9 Å². The maximum Gasteiger partial charge on any atom is 0.407 e. The smallest absolute Gasteiger partial charge is 0.407 e. The second-order valence-electron chi connectivity index (χ2n) is 7.81. The average Bonchev–Trinajstić information content (AvgIpc) is 3.10. The van der Waals surface area contributed by atoms with Crippen molar-refractivity contribution in [1.29, 1.82) is 0 Å². The second-order valence-corrected chi connectivity index (χ2v) is 7.81. The third kappa shape index (κ3) is 2.88. The van der Waals surface area contributed by atoms with Gasteiger partial charge >= 0.3 is 6.09 Å². The zero-order chi connectivity index (χ0) is 19.2. The van der Waals surface area contributed by atoms with E-state index in [4.69, 9.17) is 0 Å². The highest BCUT2D eigenvalue weighted by Crippen LogP contribution is 2.51. The van der Waals surface area contributed by atoms with E-state index in [0.717, 1.165) is 31.7 Å². The highest BCUT2D eigenvalue weighted by molar-refractivity contribution is 5.77. The van der Waals surface area contributed by atoms with Gasteiger partial charge in [-0.3, -0.25) is 9.36 Å². The quantitative estimate of drug-likeness (QED) is 0.839. The predicted molar refractivity (Wildman–Crippen MR) is 96.0 cm³/mol. The molecule has 4 rings (SSSR count). The molecule has 2 heterocycles. The molecular formula is C19H22FN3O4. The Morgan fingerprint density at radius 2 is 2.00 bits per heavy atom. The molecule has 0 radical (unpaired) electrons. The number of nitrogens with zero attached hydrogens (tertiary/aromatic N) is 3. The maximum absolute atomic E-state index is 13.6. The molecule has 2 fully saturated rings. The van der Waals surface area contributed by atoms with Crippen LogP contribution in [0.1, 0.15) is 32.1 Å². The van der Waals surface area contributed by atoms with Crippen molar-refractivity contribution in [2.45, 2.75) is 44.2 Å².